The molecule has 0 bridgehead atoms. The summed E-state index contributed by atoms with van der Waals surface area (Å²) in [5.74, 6) is 0. The normalized spacial score (nSPS) is 10.1. The van der Waals surface area contributed by atoms with Gasteiger partial charge in [0.2, 0.25) is 0 Å². The topological polar surface area (TPSA) is 24.9 Å². The molecule has 0 spiro atoms. The Morgan fingerprint density at radius 2 is 2.00 bits per heavy atom. The SMILES string of the molecule is Brc1ccccc1NCCc1cccnc1. The van der Waals surface area contributed by atoms with Crippen LogP contribution in [-0.2, 0) is 6.42 Å². The number of aromatic nitrogens is 1. The van der Waals surface area contributed by atoms with Crippen LogP contribution >= 0.6 is 15.9 Å². The van der Waals surface area contributed by atoms with Crippen LogP contribution in [0, 0.1) is 0 Å². The highest BCUT2D eigenvalue weighted by molar-refractivity contribution is 9.10. The van der Waals surface area contributed by atoms with Crippen LogP contribution in [0.15, 0.2) is 53.3 Å². The van der Waals surface area contributed by atoms with Crippen LogP contribution in [0.3, 0.4) is 0 Å². The molecular weight excluding hydrogens is 264 g/mol. The van der Waals surface area contributed by atoms with Crippen molar-refractivity contribution in [1.29, 1.82) is 0 Å². The Hall–Kier alpha value is -1.35. The van der Waals surface area contributed by atoms with Crippen LogP contribution in [0.5, 0.6) is 0 Å². The lowest BCUT2D eigenvalue weighted by atomic mass is 10.2. The molecule has 0 atom stereocenters. The van der Waals surface area contributed by atoms with E-state index in [1.165, 1.54) is 5.56 Å². The number of halogens is 1. The van der Waals surface area contributed by atoms with Crippen LogP contribution in [0.2, 0.25) is 0 Å². The molecule has 16 heavy (non-hydrogen) atoms. The average molecular weight is 277 g/mol. The third kappa shape index (κ3) is 3.07. The second-order valence-electron chi connectivity index (χ2n) is 3.52. The largest absolute Gasteiger partial charge is 0.384 e. The predicted molar refractivity (Wildman–Crippen MR) is 70.6 cm³/mol. The number of para-hydroxylation sites is 1. The molecule has 0 aliphatic carbocycles. The van der Waals surface area contributed by atoms with Gasteiger partial charge in [0, 0.05) is 29.1 Å². The monoisotopic (exact) mass is 276 g/mol. The van der Waals surface area contributed by atoms with Gasteiger partial charge in [-0.25, -0.2) is 0 Å². The number of hydrogen-bond acceptors (Lipinski definition) is 2. The van der Waals surface area contributed by atoms with Gasteiger partial charge in [0.25, 0.3) is 0 Å². The number of benzene rings is 1. The first-order valence-electron chi connectivity index (χ1n) is 5.23. The molecule has 0 radical (unpaired) electrons. The van der Waals surface area contributed by atoms with Gasteiger partial charge in [-0.05, 0) is 46.1 Å². The Morgan fingerprint density at radius 3 is 2.75 bits per heavy atom. The maximum Gasteiger partial charge on any atom is 0.0484 e. The van der Waals surface area contributed by atoms with E-state index in [9.17, 15) is 0 Å². The standard InChI is InChI=1S/C13H13BrN2/c14-12-5-1-2-6-13(12)16-9-7-11-4-3-8-15-10-11/h1-6,8,10,16H,7,9H2. The molecule has 0 amide bonds. The summed E-state index contributed by atoms with van der Waals surface area (Å²) < 4.78 is 1.10. The maximum absolute atomic E-state index is 4.09. The minimum absolute atomic E-state index is 0.911. The van der Waals surface area contributed by atoms with Crippen molar-refractivity contribution in [2.24, 2.45) is 0 Å². The molecule has 2 aromatic rings. The van der Waals surface area contributed by atoms with E-state index >= 15 is 0 Å². The number of rotatable bonds is 4. The molecule has 0 aliphatic heterocycles. The molecule has 1 aromatic carbocycles. The summed E-state index contributed by atoms with van der Waals surface area (Å²) in [6.07, 6.45) is 4.68. The fourth-order valence-electron chi connectivity index (χ4n) is 1.49. The summed E-state index contributed by atoms with van der Waals surface area (Å²) in [4.78, 5) is 4.09. The van der Waals surface area contributed by atoms with Gasteiger partial charge in [-0.3, -0.25) is 4.98 Å². The summed E-state index contributed by atoms with van der Waals surface area (Å²) in [7, 11) is 0. The minimum Gasteiger partial charge on any atom is -0.384 e. The van der Waals surface area contributed by atoms with Crippen molar-refractivity contribution in [2.45, 2.75) is 6.42 Å². The number of anilines is 1. The zero-order chi connectivity index (χ0) is 11.2. The van der Waals surface area contributed by atoms with Crippen LogP contribution in [0.1, 0.15) is 5.56 Å². The minimum atomic E-state index is 0.911. The third-order valence-corrected chi connectivity index (χ3v) is 3.02. The Bertz CT molecular complexity index is 443. The van der Waals surface area contributed by atoms with Gasteiger partial charge in [-0.2, -0.15) is 0 Å². The molecule has 1 heterocycles. The van der Waals surface area contributed by atoms with E-state index in [2.05, 4.69) is 38.4 Å². The lowest BCUT2D eigenvalue weighted by Gasteiger charge is -2.07. The molecular formula is C13H13BrN2. The number of pyridine rings is 1. The Morgan fingerprint density at radius 1 is 1.12 bits per heavy atom. The predicted octanol–water partition coefficient (Wildman–Crippen LogP) is 3.50. The van der Waals surface area contributed by atoms with Crippen molar-refractivity contribution >= 4 is 21.6 Å². The second-order valence-corrected chi connectivity index (χ2v) is 4.37. The van der Waals surface area contributed by atoms with Gasteiger partial charge in [-0.15, -0.1) is 0 Å². The van der Waals surface area contributed by atoms with Crippen LogP contribution < -0.4 is 5.32 Å². The lowest BCUT2D eigenvalue weighted by molar-refractivity contribution is 1.00. The molecule has 0 saturated carbocycles. The number of nitrogens with zero attached hydrogens (tertiary/aromatic N) is 1. The lowest BCUT2D eigenvalue weighted by Crippen LogP contribution is -2.05. The highest BCUT2D eigenvalue weighted by Crippen LogP contribution is 2.20. The quantitative estimate of drug-likeness (QED) is 0.925. The summed E-state index contributed by atoms with van der Waals surface area (Å²) in [5, 5.41) is 3.39. The van der Waals surface area contributed by atoms with Gasteiger partial charge < -0.3 is 5.32 Å². The molecule has 1 aromatic heterocycles. The fraction of sp³-hybridized carbons (Fsp3) is 0.154. The van der Waals surface area contributed by atoms with Gasteiger partial charge in [0.05, 0.1) is 0 Å². The van der Waals surface area contributed by atoms with E-state index in [0.29, 0.717) is 0 Å². The molecule has 2 nitrogen and oxygen atoms in total. The summed E-state index contributed by atoms with van der Waals surface area (Å²) in [5.41, 5.74) is 2.38. The van der Waals surface area contributed by atoms with Gasteiger partial charge >= 0.3 is 0 Å². The van der Waals surface area contributed by atoms with Crippen molar-refractivity contribution in [3.63, 3.8) is 0 Å². The Balaban J connectivity index is 1.87. The summed E-state index contributed by atoms with van der Waals surface area (Å²) in [6, 6.07) is 12.2. The molecule has 0 aliphatic rings. The van der Waals surface area contributed by atoms with Crippen LogP contribution in [-0.4, -0.2) is 11.5 Å². The average Bonchev–Trinajstić information content (AvgIpc) is 2.33. The molecule has 82 valence electrons. The van der Waals surface area contributed by atoms with E-state index < -0.39 is 0 Å². The third-order valence-electron chi connectivity index (χ3n) is 2.33. The van der Waals surface area contributed by atoms with Gasteiger partial charge in [0.1, 0.15) is 0 Å². The summed E-state index contributed by atoms with van der Waals surface area (Å²) >= 11 is 3.51. The molecule has 3 heteroatoms. The van der Waals surface area contributed by atoms with Crippen LogP contribution in [0.4, 0.5) is 5.69 Å². The van der Waals surface area contributed by atoms with Crippen LogP contribution in [0.25, 0.3) is 0 Å². The molecule has 1 N–H and O–H groups in total. The first-order chi connectivity index (χ1) is 7.86. The smallest absolute Gasteiger partial charge is 0.0484 e. The van der Waals surface area contributed by atoms with Crippen molar-refractivity contribution in [3.8, 4) is 0 Å². The Kier molecular flexibility index (Phi) is 3.94. The van der Waals surface area contributed by atoms with Crippen molar-refractivity contribution in [1.82, 2.24) is 4.98 Å². The number of hydrogen-bond donors (Lipinski definition) is 1. The first kappa shape index (κ1) is 11.1. The second kappa shape index (κ2) is 5.66. The number of nitrogens with one attached hydrogen (secondary N) is 1. The van der Waals surface area contributed by atoms with E-state index in [0.717, 1.165) is 23.1 Å². The van der Waals surface area contributed by atoms with E-state index in [1.54, 1.807) is 6.20 Å². The molecule has 0 unspecified atom stereocenters. The fourth-order valence-corrected chi connectivity index (χ4v) is 1.92. The Labute approximate surface area is 104 Å². The van der Waals surface area contributed by atoms with E-state index in [-0.39, 0.29) is 0 Å². The first-order valence-corrected chi connectivity index (χ1v) is 6.03. The van der Waals surface area contributed by atoms with Crippen molar-refractivity contribution in [2.75, 3.05) is 11.9 Å². The molecule has 0 fully saturated rings. The summed E-state index contributed by atoms with van der Waals surface area (Å²) in [6.45, 7) is 0.911. The van der Waals surface area contributed by atoms with Gasteiger partial charge in [0.15, 0.2) is 0 Å². The molecule has 0 saturated heterocycles. The highest BCUT2D eigenvalue weighted by Gasteiger charge is 1.97. The van der Waals surface area contributed by atoms with Crippen molar-refractivity contribution in [3.05, 3.63) is 58.8 Å². The maximum atomic E-state index is 4.09. The van der Waals surface area contributed by atoms with Gasteiger partial charge in [-0.1, -0.05) is 18.2 Å². The zero-order valence-electron chi connectivity index (χ0n) is 8.86. The highest BCUT2D eigenvalue weighted by atomic mass is 79.9. The van der Waals surface area contributed by atoms with Crippen molar-refractivity contribution < 1.29 is 0 Å². The molecule has 2 rings (SSSR count). The van der Waals surface area contributed by atoms with E-state index in [4.69, 9.17) is 0 Å². The zero-order valence-corrected chi connectivity index (χ0v) is 10.4. The van der Waals surface area contributed by atoms with E-state index in [1.807, 2.05) is 30.5 Å².